The van der Waals surface area contributed by atoms with Gasteiger partial charge in [-0.15, -0.1) is 0 Å². The summed E-state index contributed by atoms with van der Waals surface area (Å²) >= 11 is 0. The topological polar surface area (TPSA) is 54.2 Å². The van der Waals surface area contributed by atoms with E-state index in [0.717, 1.165) is 31.3 Å². The molecule has 1 aromatic rings. The monoisotopic (exact) mass is 238 g/mol. The van der Waals surface area contributed by atoms with Crippen molar-refractivity contribution < 1.29 is 4.52 Å². The molecule has 2 rings (SSSR count). The predicted octanol–water partition coefficient (Wildman–Crippen LogP) is 1.38. The Morgan fingerprint density at radius 2 is 2.35 bits per heavy atom. The Morgan fingerprint density at radius 1 is 1.53 bits per heavy atom. The molecule has 2 heterocycles. The molecule has 1 N–H and O–H groups in total. The zero-order chi connectivity index (χ0) is 12.3. The number of piperidine rings is 1. The Hall–Kier alpha value is -0.940. The van der Waals surface area contributed by atoms with E-state index in [1.807, 2.05) is 0 Å². The molecule has 0 radical (unpaired) electrons. The van der Waals surface area contributed by atoms with Gasteiger partial charge in [0.05, 0.1) is 6.54 Å². The molecule has 96 valence electrons. The summed E-state index contributed by atoms with van der Waals surface area (Å²) in [6, 6.07) is 0.588. The number of likely N-dealkylation sites (N-methyl/N-ethyl adjacent to an activating group) is 1. The third kappa shape index (κ3) is 3.26. The molecular formula is C12H22N4O. The molecule has 0 saturated carbocycles. The van der Waals surface area contributed by atoms with Gasteiger partial charge in [-0.05, 0) is 26.4 Å². The van der Waals surface area contributed by atoms with E-state index < -0.39 is 0 Å². The van der Waals surface area contributed by atoms with Gasteiger partial charge in [-0.1, -0.05) is 19.0 Å². The largest absolute Gasteiger partial charge is 0.339 e. The Bertz CT molecular complexity index is 344. The molecule has 0 aliphatic carbocycles. The van der Waals surface area contributed by atoms with E-state index in [2.05, 4.69) is 41.3 Å². The van der Waals surface area contributed by atoms with Gasteiger partial charge in [0.1, 0.15) is 0 Å². The van der Waals surface area contributed by atoms with Gasteiger partial charge in [-0.25, -0.2) is 0 Å². The van der Waals surface area contributed by atoms with Gasteiger partial charge < -0.3 is 9.84 Å². The molecule has 1 aliphatic rings. The van der Waals surface area contributed by atoms with E-state index >= 15 is 0 Å². The molecule has 0 bridgehead atoms. The average molecular weight is 238 g/mol. The fraction of sp³-hybridized carbons (Fsp3) is 0.833. The Labute approximate surface area is 103 Å². The standard InChI is InChI=1S/C12H22N4O/c1-9(2)12-14-11(15-17-12)8-16(3)10-5-4-6-13-7-10/h9-10,13H,4-8H2,1-3H3. The second kappa shape index (κ2) is 5.60. The minimum absolute atomic E-state index is 0.304. The molecule has 5 nitrogen and oxygen atoms in total. The fourth-order valence-corrected chi connectivity index (χ4v) is 2.13. The van der Waals surface area contributed by atoms with Crippen LogP contribution < -0.4 is 5.32 Å². The minimum atomic E-state index is 0.304. The van der Waals surface area contributed by atoms with E-state index in [4.69, 9.17) is 4.52 Å². The summed E-state index contributed by atoms with van der Waals surface area (Å²) < 4.78 is 5.21. The molecule has 1 unspecified atom stereocenters. The zero-order valence-corrected chi connectivity index (χ0v) is 10.9. The van der Waals surface area contributed by atoms with Crippen LogP contribution in [0.25, 0.3) is 0 Å². The van der Waals surface area contributed by atoms with E-state index in [0.29, 0.717) is 12.0 Å². The number of nitrogens with one attached hydrogen (secondary N) is 1. The van der Waals surface area contributed by atoms with E-state index in [9.17, 15) is 0 Å². The van der Waals surface area contributed by atoms with Crippen molar-refractivity contribution >= 4 is 0 Å². The van der Waals surface area contributed by atoms with E-state index in [1.165, 1.54) is 12.8 Å². The van der Waals surface area contributed by atoms with Crippen molar-refractivity contribution in [3.05, 3.63) is 11.7 Å². The predicted molar refractivity (Wildman–Crippen MR) is 65.7 cm³/mol. The maximum atomic E-state index is 5.21. The van der Waals surface area contributed by atoms with Gasteiger partial charge in [0.25, 0.3) is 0 Å². The summed E-state index contributed by atoms with van der Waals surface area (Å²) in [4.78, 5) is 6.71. The smallest absolute Gasteiger partial charge is 0.229 e. The molecule has 1 aromatic heterocycles. The Morgan fingerprint density at radius 3 is 2.94 bits per heavy atom. The van der Waals surface area contributed by atoms with Crippen molar-refractivity contribution in [3.8, 4) is 0 Å². The van der Waals surface area contributed by atoms with Crippen molar-refractivity contribution in [1.29, 1.82) is 0 Å². The summed E-state index contributed by atoms with van der Waals surface area (Å²) in [5, 5.41) is 7.44. The van der Waals surface area contributed by atoms with Crippen LogP contribution in [0.15, 0.2) is 4.52 Å². The average Bonchev–Trinajstić information content (AvgIpc) is 2.79. The fourth-order valence-electron chi connectivity index (χ4n) is 2.13. The number of hydrogen-bond donors (Lipinski definition) is 1. The lowest BCUT2D eigenvalue weighted by atomic mass is 10.1. The first-order valence-corrected chi connectivity index (χ1v) is 6.40. The summed E-state index contributed by atoms with van der Waals surface area (Å²) in [5.74, 6) is 1.83. The van der Waals surface area contributed by atoms with Crippen molar-refractivity contribution in [1.82, 2.24) is 20.4 Å². The van der Waals surface area contributed by atoms with Gasteiger partial charge in [0, 0.05) is 18.5 Å². The summed E-state index contributed by atoms with van der Waals surface area (Å²) in [5.41, 5.74) is 0. The molecule has 1 saturated heterocycles. The summed E-state index contributed by atoms with van der Waals surface area (Å²) in [6.45, 7) is 7.09. The summed E-state index contributed by atoms with van der Waals surface area (Å²) in [7, 11) is 2.13. The van der Waals surface area contributed by atoms with Crippen LogP contribution in [0.4, 0.5) is 0 Å². The lowest BCUT2D eigenvalue weighted by Gasteiger charge is -2.30. The highest BCUT2D eigenvalue weighted by Gasteiger charge is 2.19. The quantitative estimate of drug-likeness (QED) is 0.858. The second-order valence-corrected chi connectivity index (χ2v) is 5.12. The highest BCUT2D eigenvalue weighted by atomic mass is 16.5. The maximum absolute atomic E-state index is 5.21. The molecule has 0 amide bonds. The SMILES string of the molecule is CC(C)c1nc(CN(C)C2CCCNC2)no1. The van der Waals surface area contributed by atoms with Crippen molar-refractivity contribution in [2.45, 2.75) is 45.2 Å². The normalized spacial score (nSPS) is 21.4. The maximum Gasteiger partial charge on any atom is 0.229 e. The van der Waals surface area contributed by atoms with Crippen LogP contribution in [0, 0.1) is 0 Å². The highest BCUT2D eigenvalue weighted by molar-refractivity contribution is 4.91. The van der Waals surface area contributed by atoms with Crippen LogP contribution >= 0.6 is 0 Å². The Balaban J connectivity index is 1.90. The Kier molecular flexibility index (Phi) is 4.12. The number of nitrogens with zero attached hydrogens (tertiary/aromatic N) is 3. The first-order chi connectivity index (χ1) is 8.16. The third-order valence-electron chi connectivity index (χ3n) is 3.26. The third-order valence-corrected chi connectivity index (χ3v) is 3.26. The van der Waals surface area contributed by atoms with Gasteiger partial charge in [-0.3, -0.25) is 4.90 Å². The first kappa shape index (κ1) is 12.5. The van der Waals surface area contributed by atoms with Gasteiger partial charge in [0.2, 0.25) is 5.89 Å². The molecule has 17 heavy (non-hydrogen) atoms. The molecule has 0 aromatic carbocycles. The van der Waals surface area contributed by atoms with Crippen molar-refractivity contribution in [3.63, 3.8) is 0 Å². The van der Waals surface area contributed by atoms with Crippen molar-refractivity contribution in [2.75, 3.05) is 20.1 Å². The van der Waals surface area contributed by atoms with Crippen LogP contribution in [-0.4, -0.2) is 41.2 Å². The van der Waals surface area contributed by atoms with Crippen LogP contribution in [0.1, 0.15) is 44.3 Å². The molecule has 1 aliphatic heterocycles. The lowest BCUT2D eigenvalue weighted by Crippen LogP contribution is -2.43. The van der Waals surface area contributed by atoms with Gasteiger partial charge in [0.15, 0.2) is 5.82 Å². The molecule has 5 heteroatoms. The van der Waals surface area contributed by atoms with Crippen LogP contribution in [0.5, 0.6) is 0 Å². The van der Waals surface area contributed by atoms with Crippen molar-refractivity contribution in [2.24, 2.45) is 0 Å². The zero-order valence-electron chi connectivity index (χ0n) is 10.9. The van der Waals surface area contributed by atoms with E-state index in [-0.39, 0.29) is 0 Å². The van der Waals surface area contributed by atoms with E-state index in [1.54, 1.807) is 0 Å². The lowest BCUT2D eigenvalue weighted by molar-refractivity contribution is 0.189. The molecule has 0 spiro atoms. The molecule has 1 atom stereocenters. The van der Waals surface area contributed by atoms with Crippen LogP contribution in [0.2, 0.25) is 0 Å². The minimum Gasteiger partial charge on any atom is -0.339 e. The van der Waals surface area contributed by atoms with Gasteiger partial charge in [-0.2, -0.15) is 4.98 Å². The van der Waals surface area contributed by atoms with Crippen LogP contribution in [-0.2, 0) is 6.54 Å². The molecular weight excluding hydrogens is 216 g/mol. The molecule has 1 fully saturated rings. The number of aromatic nitrogens is 2. The number of hydrogen-bond acceptors (Lipinski definition) is 5. The first-order valence-electron chi connectivity index (χ1n) is 6.40. The van der Waals surface area contributed by atoms with Gasteiger partial charge >= 0.3 is 0 Å². The summed E-state index contributed by atoms with van der Waals surface area (Å²) in [6.07, 6.45) is 2.50. The number of rotatable bonds is 4. The second-order valence-electron chi connectivity index (χ2n) is 5.12. The van der Waals surface area contributed by atoms with Crippen LogP contribution in [0.3, 0.4) is 0 Å². The highest BCUT2D eigenvalue weighted by Crippen LogP contribution is 2.14.